The summed E-state index contributed by atoms with van der Waals surface area (Å²) in [6.07, 6.45) is 2.67. The molecule has 208 valence electrons. The average Bonchev–Trinajstić information content (AvgIpc) is 2.91. The van der Waals surface area contributed by atoms with Crippen LogP contribution in [0.4, 0.5) is 10.5 Å². The highest BCUT2D eigenvalue weighted by Gasteiger charge is 2.34. The molecule has 0 radical (unpaired) electrons. The molecule has 1 atom stereocenters. The van der Waals surface area contributed by atoms with Crippen LogP contribution >= 0.6 is 0 Å². The standard InChI is InChI=1S/C27H38N4O7/c1-17(32)37-18(2)38-27(35)29-24(28)19-5-11-23(12-6-19)31-15-13-20(14-16-31)25(33)30(3)22-9-7-21(8-10-22)26(34)36-4/h5-6,11-12,18,20-22H,7-10,13-16H2,1-4H3,(H2,28,29,35). The normalized spacial score (nSPS) is 21.3. The molecule has 2 aliphatic rings. The number of amidine groups is 1. The molecule has 1 heterocycles. The zero-order valence-corrected chi connectivity index (χ0v) is 22.6. The molecule has 1 aliphatic heterocycles. The molecule has 1 unspecified atom stereocenters. The van der Waals surface area contributed by atoms with Crippen molar-refractivity contribution in [2.75, 3.05) is 32.1 Å². The van der Waals surface area contributed by atoms with Crippen molar-refractivity contribution in [1.82, 2.24) is 4.90 Å². The first-order valence-electron chi connectivity index (χ1n) is 13.0. The van der Waals surface area contributed by atoms with E-state index in [2.05, 4.69) is 9.89 Å². The number of esters is 2. The number of nitrogens with two attached hydrogens (primary N) is 1. The Labute approximate surface area is 223 Å². The molecule has 1 aromatic carbocycles. The minimum absolute atomic E-state index is 0.00969. The lowest BCUT2D eigenvalue weighted by atomic mass is 9.84. The van der Waals surface area contributed by atoms with Gasteiger partial charge in [0.1, 0.15) is 5.84 Å². The van der Waals surface area contributed by atoms with Crippen LogP contribution in [0, 0.1) is 11.8 Å². The number of aliphatic imine (C=N–C) groups is 1. The molecule has 1 saturated heterocycles. The molecule has 11 nitrogen and oxygen atoms in total. The third-order valence-corrected chi connectivity index (χ3v) is 7.31. The van der Waals surface area contributed by atoms with Gasteiger partial charge in [-0.05, 0) is 62.8 Å². The summed E-state index contributed by atoms with van der Waals surface area (Å²) in [5.41, 5.74) is 7.48. The number of nitrogens with zero attached hydrogens (tertiary/aromatic N) is 3. The summed E-state index contributed by atoms with van der Waals surface area (Å²) in [7, 11) is 3.31. The molecule has 1 aliphatic carbocycles. The molecule has 0 spiro atoms. The van der Waals surface area contributed by atoms with Gasteiger partial charge in [0.2, 0.25) is 12.2 Å². The maximum absolute atomic E-state index is 13.2. The predicted molar refractivity (Wildman–Crippen MR) is 140 cm³/mol. The third kappa shape index (κ3) is 7.69. The van der Waals surface area contributed by atoms with E-state index in [0.29, 0.717) is 5.56 Å². The molecule has 2 N–H and O–H groups in total. The van der Waals surface area contributed by atoms with E-state index in [0.717, 1.165) is 57.3 Å². The third-order valence-electron chi connectivity index (χ3n) is 7.31. The maximum Gasteiger partial charge on any atom is 0.438 e. The second-order valence-electron chi connectivity index (χ2n) is 9.84. The number of hydrogen-bond acceptors (Lipinski definition) is 8. The van der Waals surface area contributed by atoms with Gasteiger partial charge in [0.05, 0.1) is 13.0 Å². The minimum Gasteiger partial charge on any atom is -0.469 e. The Morgan fingerprint density at radius 2 is 1.58 bits per heavy atom. The Morgan fingerprint density at radius 1 is 0.974 bits per heavy atom. The van der Waals surface area contributed by atoms with E-state index in [-0.39, 0.29) is 35.6 Å². The second kappa shape index (κ2) is 13.3. The van der Waals surface area contributed by atoms with Crippen LogP contribution in [0.25, 0.3) is 0 Å². The lowest BCUT2D eigenvalue weighted by Crippen LogP contribution is -2.46. The van der Waals surface area contributed by atoms with Crippen molar-refractivity contribution in [2.24, 2.45) is 22.6 Å². The van der Waals surface area contributed by atoms with Crippen LogP contribution < -0.4 is 10.6 Å². The largest absolute Gasteiger partial charge is 0.469 e. The number of ether oxygens (including phenoxy) is 3. The van der Waals surface area contributed by atoms with Crippen molar-refractivity contribution in [3.8, 4) is 0 Å². The number of piperidine rings is 1. The highest BCUT2D eigenvalue weighted by molar-refractivity contribution is 6.03. The van der Waals surface area contributed by atoms with Gasteiger partial charge in [-0.3, -0.25) is 14.4 Å². The quantitative estimate of drug-likeness (QED) is 0.244. The minimum atomic E-state index is -1.06. The number of anilines is 1. The summed E-state index contributed by atoms with van der Waals surface area (Å²) in [4.78, 5) is 55.6. The predicted octanol–water partition coefficient (Wildman–Crippen LogP) is 2.84. The van der Waals surface area contributed by atoms with Crippen molar-refractivity contribution >= 4 is 35.5 Å². The Kier molecular flexibility index (Phi) is 10.1. The number of carbonyl (C=O) groups is 4. The summed E-state index contributed by atoms with van der Waals surface area (Å²) in [5.74, 6) is -0.623. The Bertz CT molecular complexity index is 1030. The van der Waals surface area contributed by atoms with Crippen molar-refractivity contribution in [3.63, 3.8) is 0 Å². The molecule has 2 fully saturated rings. The Hall–Kier alpha value is -3.63. The fraction of sp³-hybridized carbons (Fsp3) is 0.593. The second-order valence-corrected chi connectivity index (χ2v) is 9.84. The summed E-state index contributed by atoms with van der Waals surface area (Å²) in [5, 5.41) is 0. The lowest BCUT2D eigenvalue weighted by Gasteiger charge is -2.38. The number of methoxy groups -OCH3 is 1. The van der Waals surface area contributed by atoms with Gasteiger partial charge in [0.25, 0.3) is 0 Å². The van der Waals surface area contributed by atoms with E-state index in [1.165, 1.54) is 21.0 Å². The van der Waals surface area contributed by atoms with Crippen LogP contribution in [0.1, 0.15) is 57.9 Å². The van der Waals surface area contributed by atoms with Crippen LogP contribution in [-0.2, 0) is 28.6 Å². The van der Waals surface area contributed by atoms with E-state index in [9.17, 15) is 19.2 Å². The van der Waals surface area contributed by atoms with Crippen LogP contribution in [0.15, 0.2) is 29.3 Å². The molecule has 11 heteroatoms. The number of rotatable bonds is 7. The van der Waals surface area contributed by atoms with E-state index < -0.39 is 18.4 Å². The van der Waals surface area contributed by atoms with Crippen molar-refractivity contribution in [3.05, 3.63) is 29.8 Å². The zero-order chi connectivity index (χ0) is 27.8. The van der Waals surface area contributed by atoms with Gasteiger partial charge in [-0.1, -0.05) is 0 Å². The van der Waals surface area contributed by atoms with Crippen LogP contribution in [0.5, 0.6) is 0 Å². The summed E-state index contributed by atoms with van der Waals surface area (Å²) in [6, 6.07) is 7.51. The SMILES string of the molecule is COC(=O)C1CCC(N(C)C(=O)C2CCN(c3ccc(C(N)=NC(=O)OC(C)OC(C)=O)cc3)CC2)CC1. The molecule has 0 aromatic heterocycles. The first-order valence-corrected chi connectivity index (χ1v) is 13.0. The topological polar surface area (TPSA) is 141 Å². The van der Waals surface area contributed by atoms with Crippen molar-refractivity contribution < 1.29 is 33.4 Å². The van der Waals surface area contributed by atoms with Crippen LogP contribution in [-0.4, -0.2) is 74.3 Å². The molecule has 38 heavy (non-hydrogen) atoms. The summed E-state index contributed by atoms with van der Waals surface area (Å²) >= 11 is 0. The molecule has 2 amide bonds. The van der Waals surface area contributed by atoms with Gasteiger partial charge in [0.15, 0.2) is 0 Å². The van der Waals surface area contributed by atoms with Crippen molar-refractivity contribution in [1.29, 1.82) is 0 Å². The van der Waals surface area contributed by atoms with Gasteiger partial charge in [0, 0.05) is 57.2 Å². The Balaban J connectivity index is 1.48. The maximum atomic E-state index is 13.2. The Morgan fingerprint density at radius 3 is 2.13 bits per heavy atom. The van der Waals surface area contributed by atoms with E-state index in [1.807, 2.05) is 24.1 Å². The van der Waals surface area contributed by atoms with E-state index in [1.54, 1.807) is 12.1 Å². The van der Waals surface area contributed by atoms with Gasteiger partial charge < -0.3 is 29.7 Å². The molecule has 1 aromatic rings. The first kappa shape index (κ1) is 28.9. The fourth-order valence-electron chi connectivity index (χ4n) is 5.15. The number of benzene rings is 1. The smallest absolute Gasteiger partial charge is 0.438 e. The molecular formula is C27H38N4O7. The zero-order valence-electron chi connectivity index (χ0n) is 22.6. The fourth-order valence-corrected chi connectivity index (χ4v) is 5.15. The molecule has 1 saturated carbocycles. The van der Waals surface area contributed by atoms with Gasteiger partial charge in [-0.2, -0.15) is 4.99 Å². The molecule has 0 bridgehead atoms. The molecular weight excluding hydrogens is 492 g/mol. The van der Waals surface area contributed by atoms with Crippen molar-refractivity contribution in [2.45, 2.75) is 64.7 Å². The van der Waals surface area contributed by atoms with Crippen LogP contribution in [0.3, 0.4) is 0 Å². The highest BCUT2D eigenvalue weighted by atomic mass is 16.7. The number of hydrogen-bond donors (Lipinski definition) is 1. The lowest BCUT2D eigenvalue weighted by molar-refractivity contribution is -0.161. The average molecular weight is 531 g/mol. The number of carbonyl (C=O) groups excluding carboxylic acids is 4. The van der Waals surface area contributed by atoms with Gasteiger partial charge in [-0.25, -0.2) is 4.79 Å². The van der Waals surface area contributed by atoms with Gasteiger partial charge in [-0.15, -0.1) is 0 Å². The van der Waals surface area contributed by atoms with Crippen LogP contribution in [0.2, 0.25) is 0 Å². The van der Waals surface area contributed by atoms with E-state index in [4.69, 9.17) is 19.9 Å². The van der Waals surface area contributed by atoms with Gasteiger partial charge >= 0.3 is 18.0 Å². The summed E-state index contributed by atoms with van der Waals surface area (Å²) < 4.78 is 14.5. The molecule has 3 rings (SSSR count). The highest BCUT2D eigenvalue weighted by Crippen LogP contribution is 2.30. The number of amides is 2. The monoisotopic (exact) mass is 530 g/mol. The first-order chi connectivity index (χ1) is 18.1. The van der Waals surface area contributed by atoms with E-state index >= 15 is 0 Å². The summed E-state index contributed by atoms with van der Waals surface area (Å²) in [6.45, 7) is 4.13.